The standard InChI is InChI=1S/C14H32N4O2/c1-13(15-19-11-9-17(3,4)5)14(2)16-20-12-10-18(6,7)8/h9-12H2,1-8H3/q+2/b15-13+,16-14+. The first-order chi connectivity index (χ1) is 9.01. The molecule has 0 aromatic rings. The van der Waals surface area contributed by atoms with Gasteiger partial charge in [0, 0.05) is 0 Å². The van der Waals surface area contributed by atoms with Gasteiger partial charge in [0.15, 0.2) is 13.2 Å². The van der Waals surface area contributed by atoms with E-state index in [1.165, 1.54) is 0 Å². The van der Waals surface area contributed by atoms with Crippen molar-refractivity contribution in [3.63, 3.8) is 0 Å². The lowest BCUT2D eigenvalue weighted by Crippen LogP contribution is -2.37. The van der Waals surface area contributed by atoms with Crippen molar-refractivity contribution >= 4 is 11.4 Å². The number of rotatable bonds is 9. The van der Waals surface area contributed by atoms with Gasteiger partial charge < -0.3 is 18.6 Å². The molecule has 0 bridgehead atoms. The van der Waals surface area contributed by atoms with E-state index in [-0.39, 0.29) is 0 Å². The van der Waals surface area contributed by atoms with E-state index in [1.54, 1.807) is 0 Å². The van der Waals surface area contributed by atoms with Crippen LogP contribution in [0.5, 0.6) is 0 Å². The fraction of sp³-hybridized carbons (Fsp3) is 0.857. The fourth-order valence-electron chi connectivity index (χ4n) is 1.05. The number of likely N-dealkylation sites (N-methyl/N-ethyl adjacent to an activating group) is 2. The fourth-order valence-corrected chi connectivity index (χ4v) is 1.05. The zero-order valence-corrected chi connectivity index (χ0v) is 14.4. The summed E-state index contributed by atoms with van der Waals surface area (Å²) in [6.45, 7) is 6.74. The lowest BCUT2D eigenvalue weighted by atomic mass is 10.3. The van der Waals surface area contributed by atoms with Crippen molar-refractivity contribution in [1.29, 1.82) is 0 Å². The van der Waals surface area contributed by atoms with Crippen LogP contribution in [0.2, 0.25) is 0 Å². The highest BCUT2D eigenvalue weighted by Gasteiger charge is 2.07. The Hall–Kier alpha value is -1.14. The highest BCUT2D eigenvalue weighted by Crippen LogP contribution is 1.94. The minimum atomic E-state index is 0.594. The van der Waals surface area contributed by atoms with Crippen LogP contribution in [0, 0.1) is 0 Å². The zero-order chi connectivity index (χ0) is 15.8. The van der Waals surface area contributed by atoms with E-state index in [4.69, 9.17) is 9.68 Å². The molecule has 0 spiro atoms. The van der Waals surface area contributed by atoms with Crippen molar-refractivity contribution in [2.45, 2.75) is 13.8 Å². The van der Waals surface area contributed by atoms with Crippen LogP contribution in [0.3, 0.4) is 0 Å². The minimum absolute atomic E-state index is 0.594. The maximum absolute atomic E-state index is 5.29. The molecule has 0 rings (SSSR count). The maximum atomic E-state index is 5.29. The van der Waals surface area contributed by atoms with E-state index in [0.29, 0.717) is 13.2 Å². The Morgan fingerprint density at radius 3 is 1.25 bits per heavy atom. The Labute approximate surface area is 123 Å². The summed E-state index contributed by atoms with van der Waals surface area (Å²) in [5.74, 6) is 0. The Kier molecular flexibility index (Phi) is 7.75. The van der Waals surface area contributed by atoms with Gasteiger partial charge in [0.05, 0.1) is 42.3 Å². The molecule has 0 unspecified atom stereocenters. The number of oxime groups is 2. The molecule has 0 fully saturated rings. The second-order valence-corrected chi connectivity index (χ2v) is 7.05. The summed E-state index contributed by atoms with van der Waals surface area (Å²) in [7, 11) is 12.7. The Balaban J connectivity index is 4.03. The van der Waals surface area contributed by atoms with Crippen molar-refractivity contribution < 1.29 is 18.6 Å². The van der Waals surface area contributed by atoms with E-state index in [2.05, 4.69) is 52.6 Å². The second-order valence-electron chi connectivity index (χ2n) is 7.05. The van der Waals surface area contributed by atoms with Crippen LogP contribution in [0.15, 0.2) is 10.3 Å². The van der Waals surface area contributed by atoms with Gasteiger partial charge in [-0.2, -0.15) is 0 Å². The van der Waals surface area contributed by atoms with Gasteiger partial charge in [0.2, 0.25) is 0 Å². The molecular weight excluding hydrogens is 256 g/mol. The average molecular weight is 288 g/mol. The van der Waals surface area contributed by atoms with Crippen molar-refractivity contribution in [2.24, 2.45) is 10.3 Å². The molecule has 0 saturated carbocycles. The van der Waals surface area contributed by atoms with Crippen LogP contribution in [-0.2, 0) is 9.68 Å². The van der Waals surface area contributed by atoms with E-state index in [0.717, 1.165) is 33.5 Å². The molecule has 0 aromatic heterocycles. The summed E-state index contributed by atoms with van der Waals surface area (Å²) >= 11 is 0. The highest BCUT2D eigenvalue weighted by molar-refractivity contribution is 6.40. The van der Waals surface area contributed by atoms with Crippen LogP contribution in [0.25, 0.3) is 0 Å². The SMILES string of the molecule is CC(=N\OCC[N+](C)(C)C)/C(C)=N/OCC[N+](C)(C)C. The van der Waals surface area contributed by atoms with Crippen molar-refractivity contribution in [3.05, 3.63) is 0 Å². The molecule has 0 atom stereocenters. The molecule has 118 valence electrons. The van der Waals surface area contributed by atoms with E-state index in [9.17, 15) is 0 Å². The van der Waals surface area contributed by atoms with Crippen LogP contribution < -0.4 is 0 Å². The molecule has 6 heteroatoms. The van der Waals surface area contributed by atoms with E-state index in [1.807, 2.05) is 13.8 Å². The van der Waals surface area contributed by atoms with E-state index < -0.39 is 0 Å². The van der Waals surface area contributed by atoms with Gasteiger partial charge in [0.25, 0.3) is 0 Å². The van der Waals surface area contributed by atoms with Crippen LogP contribution in [0.1, 0.15) is 13.8 Å². The smallest absolute Gasteiger partial charge is 0.165 e. The van der Waals surface area contributed by atoms with Crippen molar-refractivity contribution in [3.8, 4) is 0 Å². The third kappa shape index (κ3) is 11.9. The summed E-state index contributed by atoms with van der Waals surface area (Å²) in [5.41, 5.74) is 1.49. The quantitative estimate of drug-likeness (QED) is 0.277. The second kappa shape index (κ2) is 8.21. The number of hydrogen-bond acceptors (Lipinski definition) is 4. The first-order valence-corrected chi connectivity index (χ1v) is 6.96. The molecule has 0 N–H and O–H groups in total. The van der Waals surface area contributed by atoms with Gasteiger partial charge in [-0.1, -0.05) is 10.3 Å². The number of hydrogen-bond donors (Lipinski definition) is 0. The lowest BCUT2D eigenvalue weighted by molar-refractivity contribution is -0.870. The summed E-state index contributed by atoms with van der Waals surface area (Å²) < 4.78 is 1.71. The number of nitrogens with zero attached hydrogens (tertiary/aromatic N) is 4. The highest BCUT2D eigenvalue weighted by atomic mass is 16.6. The minimum Gasteiger partial charge on any atom is -0.390 e. The molecule has 0 saturated heterocycles. The first kappa shape index (κ1) is 18.9. The average Bonchev–Trinajstić information content (AvgIpc) is 2.27. The van der Waals surface area contributed by atoms with Gasteiger partial charge in [0.1, 0.15) is 24.5 Å². The molecule has 0 aliphatic heterocycles. The van der Waals surface area contributed by atoms with Gasteiger partial charge in [-0.15, -0.1) is 0 Å². The first-order valence-electron chi connectivity index (χ1n) is 6.96. The van der Waals surface area contributed by atoms with E-state index >= 15 is 0 Å². The third-order valence-electron chi connectivity index (χ3n) is 2.63. The third-order valence-corrected chi connectivity index (χ3v) is 2.63. The maximum Gasteiger partial charge on any atom is 0.165 e. The molecule has 0 radical (unpaired) electrons. The molecular formula is C14H32N4O2+2. The van der Waals surface area contributed by atoms with Gasteiger partial charge in [-0.25, -0.2) is 0 Å². The molecule has 0 amide bonds. The number of quaternary nitrogens is 2. The van der Waals surface area contributed by atoms with Crippen molar-refractivity contribution in [2.75, 3.05) is 68.6 Å². The summed E-state index contributed by atoms with van der Waals surface area (Å²) in [4.78, 5) is 10.6. The normalized spacial score (nSPS) is 14.4. The topological polar surface area (TPSA) is 43.2 Å². The molecule has 0 aliphatic rings. The van der Waals surface area contributed by atoms with Gasteiger partial charge in [-0.05, 0) is 13.8 Å². The summed E-state index contributed by atoms with van der Waals surface area (Å²) in [6.07, 6.45) is 0. The summed E-state index contributed by atoms with van der Waals surface area (Å²) in [6, 6.07) is 0. The molecule has 20 heavy (non-hydrogen) atoms. The van der Waals surface area contributed by atoms with Crippen LogP contribution in [-0.4, -0.2) is 89.0 Å². The molecule has 0 heterocycles. The van der Waals surface area contributed by atoms with Crippen LogP contribution >= 0.6 is 0 Å². The zero-order valence-electron chi connectivity index (χ0n) is 14.4. The molecule has 0 aliphatic carbocycles. The van der Waals surface area contributed by atoms with Crippen LogP contribution in [0.4, 0.5) is 0 Å². The lowest BCUT2D eigenvalue weighted by Gasteiger charge is -2.22. The molecule has 0 aromatic carbocycles. The Morgan fingerprint density at radius 1 is 0.700 bits per heavy atom. The Bertz CT molecular complexity index is 304. The predicted molar refractivity (Wildman–Crippen MR) is 83.9 cm³/mol. The van der Waals surface area contributed by atoms with Crippen molar-refractivity contribution in [1.82, 2.24) is 0 Å². The largest absolute Gasteiger partial charge is 0.390 e. The predicted octanol–water partition coefficient (Wildman–Crippen LogP) is 1.18. The Morgan fingerprint density at radius 2 is 1.00 bits per heavy atom. The van der Waals surface area contributed by atoms with Gasteiger partial charge in [-0.3, -0.25) is 0 Å². The summed E-state index contributed by atoms with van der Waals surface area (Å²) in [5, 5.41) is 8.09. The van der Waals surface area contributed by atoms with Gasteiger partial charge >= 0.3 is 0 Å². The monoisotopic (exact) mass is 288 g/mol. The molecule has 6 nitrogen and oxygen atoms in total.